The van der Waals surface area contributed by atoms with E-state index in [-0.39, 0.29) is 5.91 Å². The molecule has 0 bridgehead atoms. The van der Waals surface area contributed by atoms with Crippen LogP contribution in [0.4, 0.5) is 0 Å². The zero-order valence-electron chi connectivity index (χ0n) is 9.32. The van der Waals surface area contributed by atoms with E-state index < -0.39 is 0 Å². The lowest BCUT2D eigenvalue weighted by atomic mass is 10.1. The van der Waals surface area contributed by atoms with Gasteiger partial charge in [-0.2, -0.15) is 5.26 Å². The van der Waals surface area contributed by atoms with Gasteiger partial charge in [-0.05, 0) is 24.6 Å². The van der Waals surface area contributed by atoms with Crippen molar-refractivity contribution >= 4 is 11.6 Å². The summed E-state index contributed by atoms with van der Waals surface area (Å²) in [5, 5.41) is 11.4. The third-order valence-electron chi connectivity index (χ3n) is 2.20. The molecular weight excluding hydrogens is 202 g/mol. The van der Waals surface area contributed by atoms with Crippen LogP contribution < -0.4 is 5.32 Å². The fourth-order valence-electron chi connectivity index (χ4n) is 1.11. The minimum Gasteiger partial charge on any atom is -0.347 e. The van der Waals surface area contributed by atoms with E-state index in [2.05, 4.69) is 10.3 Å². The Morgan fingerprint density at radius 2 is 2.06 bits per heavy atom. The van der Waals surface area contributed by atoms with Crippen molar-refractivity contribution in [3.63, 3.8) is 0 Å². The normalized spacial score (nSPS) is 10.7. The first-order valence-corrected chi connectivity index (χ1v) is 4.88. The van der Waals surface area contributed by atoms with E-state index >= 15 is 0 Å². The van der Waals surface area contributed by atoms with Crippen molar-refractivity contribution in [2.75, 3.05) is 7.05 Å². The number of aliphatic imine (C=N–C) groups is 1. The maximum atomic E-state index is 11.4. The predicted octanol–water partition coefficient (Wildman–Crippen LogP) is 1.27. The topological polar surface area (TPSA) is 65.2 Å². The first-order valence-electron chi connectivity index (χ1n) is 4.88. The van der Waals surface area contributed by atoms with Gasteiger partial charge in [0.1, 0.15) is 0 Å². The molecule has 0 saturated carbocycles. The lowest BCUT2D eigenvalue weighted by molar-refractivity contribution is -0.115. The maximum Gasteiger partial charge on any atom is 0.265 e. The van der Waals surface area contributed by atoms with Gasteiger partial charge >= 0.3 is 0 Å². The number of rotatable bonds is 3. The number of hydrogen-bond acceptors (Lipinski definition) is 3. The van der Waals surface area contributed by atoms with Crippen LogP contribution >= 0.6 is 0 Å². The first kappa shape index (κ1) is 11.9. The third-order valence-corrected chi connectivity index (χ3v) is 2.20. The molecule has 82 valence electrons. The number of benzene rings is 1. The number of carbonyl (C=O) groups is 1. The lowest BCUT2D eigenvalue weighted by Gasteiger charge is -2.04. The molecule has 1 amide bonds. The van der Waals surface area contributed by atoms with Gasteiger partial charge in [-0.15, -0.1) is 0 Å². The van der Waals surface area contributed by atoms with Gasteiger partial charge in [0.2, 0.25) is 0 Å². The van der Waals surface area contributed by atoms with Crippen molar-refractivity contribution in [2.24, 2.45) is 4.99 Å². The summed E-state index contributed by atoms with van der Waals surface area (Å²) in [6.07, 6.45) is 0. The van der Waals surface area contributed by atoms with Crippen LogP contribution in [0.3, 0.4) is 0 Å². The van der Waals surface area contributed by atoms with Crippen molar-refractivity contribution < 1.29 is 4.79 Å². The van der Waals surface area contributed by atoms with Crippen LogP contribution in [-0.4, -0.2) is 18.7 Å². The van der Waals surface area contributed by atoms with Crippen LogP contribution in [-0.2, 0) is 11.3 Å². The molecule has 16 heavy (non-hydrogen) atoms. The Balaban J connectivity index is 2.56. The Morgan fingerprint density at radius 3 is 2.56 bits per heavy atom. The highest BCUT2D eigenvalue weighted by Gasteiger charge is 2.03. The van der Waals surface area contributed by atoms with E-state index in [1.807, 2.05) is 18.2 Å². The molecule has 0 aliphatic heterocycles. The van der Waals surface area contributed by atoms with Crippen LogP contribution in [0.25, 0.3) is 0 Å². The molecule has 0 aliphatic carbocycles. The lowest BCUT2D eigenvalue weighted by Crippen LogP contribution is -2.28. The van der Waals surface area contributed by atoms with Gasteiger partial charge in [-0.3, -0.25) is 9.79 Å². The second-order valence-electron chi connectivity index (χ2n) is 3.30. The van der Waals surface area contributed by atoms with Gasteiger partial charge in [-0.1, -0.05) is 12.1 Å². The highest BCUT2D eigenvalue weighted by atomic mass is 16.1. The molecule has 4 nitrogen and oxygen atoms in total. The molecular formula is C12H13N3O. The summed E-state index contributed by atoms with van der Waals surface area (Å²) in [5.74, 6) is -0.174. The fourth-order valence-corrected chi connectivity index (χ4v) is 1.11. The molecule has 1 aromatic rings. The second-order valence-corrected chi connectivity index (χ2v) is 3.30. The van der Waals surface area contributed by atoms with Crippen molar-refractivity contribution in [1.82, 2.24) is 5.32 Å². The van der Waals surface area contributed by atoms with Gasteiger partial charge in [0, 0.05) is 13.6 Å². The molecule has 0 heterocycles. The summed E-state index contributed by atoms with van der Waals surface area (Å²) in [6.45, 7) is 2.10. The number of carbonyl (C=O) groups excluding carboxylic acids is 1. The third kappa shape index (κ3) is 3.21. The second kappa shape index (κ2) is 5.66. The molecule has 1 rings (SSSR count). The monoisotopic (exact) mass is 215 g/mol. The molecule has 0 spiro atoms. The van der Waals surface area contributed by atoms with E-state index in [1.165, 1.54) is 0 Å². The smallest absolute Gasteiger partial charge is 0.265 e. The zero-order valence-corrected chi connectivity index (χ0v) is 9.32. The number of nitrogens with zero attached hydrogens (tertiary/aromatic N) is 2. The van der Waals surface area contributed by atoms with Crippen molar-refractivity contribution in [2.45, 2.75) is 13.5 Å². The van der Waals surface area contributed by atoms with Crippen LogP contribution in [0, 0.1) is 11.3 Å². The molecule has 1 N–H and O–H groups in total. The molecule has 0 aliphatic rings. The van der Waals surface area contributed by atoms with Gasteiger partial charge in [-0.25, -0.2) is 0 Å². The maximum absolute atomic E-state index is 11.4. The van der Waals surface area contributed by atoms with Gasteiger partial charge < -0.3 is 5.32 Å². The largest absolute Gasteiger partial charge is 0.347 e. The summed E-state index contributed by atoms with van der Waals surface area (Å²) in [6, 6.07) is 9.12. The van der Waals surface area contributed by atoms with Gasteiger partial charge in [0.05, 0.1) is 17.3 Å². The number of nitrogens with one attached hydrogen (secondary N) is 1. The summed E-state index contributed by atoms with van der Waals surface area (Å²) in [4.78, 5) is 15.2. The Kier molecular flexibility index (Phi) is 4.22. The molecule has 0 fully saturated rings. The molecule has 0 aromatic heterocycles. The SMILES string of the molecule is CN=C(C)C(=O)NCc1ccc(C#N)cc1. The molecule has 4 heteroatoms. The van der Waals surface area contributed by atoms with Crippen LogP contribution in [0.2, 0.25) is 0 Å². The van der Waals surface area contributed by atoms with Crippen LogP contribution in [0.1, 0.15) is 18.1 Å². The molecule has 0 saturated heterocycles. The number of hydrogen-bond donors (Lipinski definition) is 1. The Hall–Kier alpha value is -2.15. The Morgan fingerprint density at radius 1 is 1.44 bits per heavy atom. The summed E-state index contributed by atoms with van der Waals surface area (Å²) >= 11 is 0. The van der Waals surface area contributed by atoms with Gasteiger partial charge in [0.25, 0.3) is 5.91 Å². The van der Waals surface area contributed by atoms with E-state index in [9.17, 15) is 4.79 Å². The van der Waals surface area contributed by atoms with E-state index in [4.69, 9.17) is 5.26 Å². The highest BCUT2D eigenvalue weighted by Crippen LogP contribution is 2.02. The molecule has 1 aromatic carbocycles. The highest BCUT2D eigenvalue weighted by molar-refractivity contribution is 6.37. The average Bonchev–Trinajstić information content (AvgIpc) is 2.35. The Labute approximate surface area is 94.6 Å². The van der Waals surface area contributed by atoms with Crippen molar-refractivity contribution in [1.29, 1.82) is 5.26 Å². The number of amides is 1. The van der Waals surface area contributed by atoms with Crippen LogP contribution in [0.15, 0.2) is 29.3 Å². The number of nitriles is 1. The van der Waals surface area contributed by atoms with Crippen molar-refractivity contribution in [3.05, 3.63) is 35.4 Å². The fraction of sp³-hybridized carbons (Fsp3) is 0.250. The average molecular weight is 215 g/mol. The van der Waals surface area contributed by atoms with Gasteiger partial charge in [0.15, 0.2) is 0 Å². The van der Waals surface area contributed by atoms with E-state index in [1.54, 1.807) is 26.1 Å². The van der Waals surface area contributed by atoms with E-state index in [0.29, 0.717) is 17.8 Å². The minimum absolute atomic E-state index is 0.174. The quantitative estimate of drug-likeness (QED) is 0.771. The first-order chi connectivity index (χ1) is 7.67. The van der Waals surface area contributed by atoms with Crippen LogP contribution in [0.5, 0.6) is 0 Å². The zero-order chi connectivity index (χ0) is 12.0. The molecule has 0 unspecified atom stereocenters. The molecule has 0 atom stereocenters. The molecule has 0 radical (unpaired) electrons. The summed E-state index contributed by atoms with van der Waals surface area (Å²) in [5.41, 5.74) is 2.02. The standard InChI is InChI=1S/C12H13N3O/c1-9(14-2)12(16)15-8-11-5-3-10(7-13)4-6-11/h3-6H,8H2,1-2H3,(H,15,16). The summed E-state index contributed by atoms with van der Waals surface area (Å²) in [7, 11) is 1.58. The van der Waals surface area contributed by atoms with E-state index in [0.717, 1.165) is 5.56 Å². The predicted molar refractivity (Wildman–Crippen MR) is 62.0 cm³/mol. The Bertz CT molecular complexity index is 440. The van der Waals surface area contributed by atoms with Crippen molar-refractivity contribution in [3.8, 4) is 6.07 Å². The summed E-state index contributed by atoms with van der Waals surface area (Å²) < 4.78 is 0. The minimum atomic E-state index is -0.174.